The maximum absolute atomic E-state index is 13.6. The summed E-state index contributed by atoms with van der Waals surface area (Å²) in [6.07, 6.45) is 80.6. The van der Waals surface area contributed by atoms with Crippen molar-refractivity contribution in [2.45, 2.75) is 405 Å². The second kappa shape index (κ2) is 65.4. The SMILES string of the molecule is CCCCCCCC/C=C/CCCCCCCCCCCCCCCCCCCC(=O)OC(/C=C/CCCCCCCCCCCCC)C(COP(=O)(O)OCC[N+](C)(C)C)NC(=O)CCCCCCCCCCCCCCCCCCCCC. The fourth-order valence-electron chi connectivity index (χ4n) is 11.6. The van der Waals surface area contributed by atoms with E-state index in [0.29, 0.717) is 23.9 Å². The molecule has 10 heteroatoms. The van der Waals surface area contributed by atoms with E-state index in [1.54, 1.807) is 0 Å². The highest BCUT2D eigenvalue weighted by atomic mass is 31.2. The molecule has 0 fully saturated rings. The molecule has 0 radical (unpaired) electrons. The number of phosphoric ester groups is 1. The molecule has 0 saturated heterocycles. The second-order valence-electron chi connectivity index (χ2n) is 27.2. The lowest BCUT2D eigenvalue weighted by atomic mass is 10.0. The van der Waals surface area contributed by atoms with Crippen LogP contribution in [0.4, 0.5) is 0 Å². The zero-order chi connectivity index (χ0) is 62.1. The lowest BCUT2D eigenvalue weighted by Crippen LogP contribution is -2.47. The van der Waals surface area contributed by atoms with E-state index < -0.39 is 20.0 Å². The van der Waals surface area contributed by atoms with Gasteiger partial charge in [-0.05, 0) is 57.4 Å². The van der Waals surface area contributed by atoms with Crippen molar-refractivity contribution in [2.75, 3.05) is 40.9 Å². The van der Waals surface area contributed by atoms with Gasteiger partial charge in [0.15, 0.2) is 0 Å². The molecule has 0 rings (SSSR count). The first-order valence-electron chi connectivity index (χ1n) is 37.7. The van der Waals surface area contributed by atoms with Crippen molar-refractivity contribution in [3.63, 3.8) is 0 Å². The summed E-state index contributed by atoms with van der Waals surface area (Å²) >= 11 is 0. The molecule has 0 saturated carbocycles. The summed E-state index contributed by atoms with van der Waals surface area (Å²) in [5.74, 6) is -0.478. The van der Waals surface area contributed by atoms with Crippen LogP contribution in [0.1, 0.15) is 393 Å². The van der Waals surface area contributed by atoms with Gasteiger partial charge in [-0.25, -0.2) is 4.57 Å². The molecule has 2 N–H and O–H groups in total. The molecule has 0 aromatic carbocycles. The van der Waals surface area contributed by atoms with E-state index in [-0.39, 0.29) is 25.1 Å². The van der Waals surface area contributed by atoms with Gasteiger partial charge >= 0.3 is 13.8 Å². The predicted octanol–water partition coefficient (Wildman–Crippen LogP) is 24.0. The summed E-state index contributed by atoms with van der Waals surface area (Å²) in [6.45, 7) is 7.09. The van der Waals surface area contributed by atoms with Gasteiger partial charge in [0.1, 0.15) is 19.3 Å². The molecule has 9 nitrogen and oxygen atoms in total. The lowest BCUT2D eigenvalue weighted by molar-refractivity contribution is -0.870. The normalized spacial score (nSPS) is 13.5. The van der Waals surface area contributed by atoms with Crippen LogP contribution in [0.5, 0.6) is 0 Å². The van der Waals surface area contributed by atoms with Crippen LogP contribution in [0.2, 0.25) is 0 Å². The Hall–Kier alpha value is -1.51. The Morgan fingerprint density at radius 1 is 0.400 bits per heavy atom. The molecule has 0 spiro atoms. The molecule has 3 atom stereocenters. The quantitative estimate of drug-likeness (QED) is 0.0205. The fourth-order valence-corrected chi connectivity index (χ4v) is 12.3. The van der Waals surface area contributed by atoms with Crippen LogP contribution >= 0.6 is 7.82 Å². The molecular formula is C75H148N2O7P+. The Bertz CT molecular complexity index is 1500. The maximum atomic E-state index is 13.6. The van der Waals surface area contributed by atoms with Crippen molar-refractivity contribution >= 4 is 19.7 Å². The van der Waals surface area contributed by atoms with E-state index >= 15 is 0 Å². The number of rotatable bonds is 70. The molecule has 85 heavy (non-hydrogen) atoms. The minimum Gasteiger partial charge on any atom is -0.456 e. The number of nitrogens with one attached hydrogen (secondary N) is 1. The molecule has 0 aromatic heterocycles. The number of likely N-dealkylation sites (N-methyl/N-ethyl adjacent to an activating group) is 1. The monoisotopic (exact) mass is 1220 g/mol. The van der Waals surface area contributed by atoms with Gasteiger partial charge < -0.3 is 19.4 Å². The Labute approximate surface area is 530 Å². The van der Waals surface area contributed by atoms with Crippen LogP contribution in [0, 0.1) is 0 Å². The molecule has 0 bridgehead atoms. The minimum absolute atomic E-state index is 0.0451. The Morgan fingerprint density at radius 3 is 1.00 bits per heavy atom. The van der Waals surface area contributed by atoms with Crippen molar-refractivity contribution < 1.29 is 37.3 Å². The summed E-state index contributed by atoms with van der Waals surface area (Å²) < 4.78 is 30.9. The van der Waals surface area contributed by atoms with Crippen LogP contribution in [0.3, 0.4) is 0 Å². The number of amides is 1. The van der Waals surface area contributed by atoms with Crippen LogP contribution in [-0.2, 0) is 27.9 Å². The molecule has 0 aromatic rings. The summed E-state index contributed by atoms with van der Waals surface area (Å²) in [6, 6.07) is -0.843. The zero-order valence-corrected chi connectivity index (χ0v) is 58.8. The molecule has 504 valence electrons. The van der Waals surface area contributed by atoms with E-state index in [1.165, 1.54) is 302 Å². The predicted molar refractivity (Wildman–Crippen MR) is 370 cm³/mol. The van der Waals surface area contributed by atoms with Gasteiger partial charge in [0.25, 0.3) is 0 Å². The number of carbonyl (C=O) groups excluding carboxylic acids is 2. The average Bonchev–Trinajstić information content (AvgIpc) is 3.50. The summed E-state index contributed by atoms with van der Waals surface area (Å²) in [5, 5.41) is 3.08. The molecule has 1 amide bonds. The third-order valence-corrected chi connectivity index (χ3v) is 18.4. The van der Waals surface area contributed by atoms with Gasteiger partial charge in [0, 0.05) is 12.8 Å². The van der Waals surface area contributed by atoms with Crippen molar-refractivity contribution in [3.05, 3.63) is 24.3 Å². The van der Waals surface area contributed by atoms with Crippen LogP contribution < -0.4 is 5.32 Å². The Morgan fingerprint density at radius 2 is 0.682 bits per heavy atom. The number of esters is 1. The van der Waals surface area contributed by atoms with E-state index in [0.717, 1.165) is 57.8 Å². The van der Waals surface area contributed by atoms with Crippen LogP contribution in [-0.4, -0.2) is 74.3 Å². The van der Waals surface area contributed by atoms with E-state index in [1.807, 2.05) is 27.2 Å². The average molecular weight is 1220 g/mol. The van der Waals surface area contributed by atoms with Gasteiger partial charge in [-0.15, -0.1) is 0 Å². The maximum Gasteiger partial charge on any atom is 0.472 e. The van der Waals surface area contributed by atoms with Crippen LogP contribution in [0.25, 0.3) is 0 Å². The topological polar surface area (TPSA) is 111 Å². The van der Waals surface area contributed by atoms with E-state index in [2.05, 4.69) is 44.3 Å². The number of ether oxygens (including phenoxy) is 1. The zero-order valence-electron chi connectivity index (χ0n) is 57.9. The van der Waals surface area contributed by atoms with Gasteiger partial charge in [-0.3, -0.25) is 18.6 Å². The first-order chi connectivity index (χ1) is 41.4. The van der Waals surface area contributed by atoms with Crippen molar-refractivity contribution in [1.29, 1.82) is 0 Å². The number of allylic oxidation sites excluding steroid dienone is 3. The largest absolute Gasteiger partial charge is 0.472 e. The summed E-state index contributed by atoms with van der Waals surface area (Å²) in [4.78, 5) is 38.0. The number of quaternary nitrogens is 1. The number of hydrogen-bond acceptors (Lipinski definition) is 6. The van der Waals surface area contributed by atoms with Gasteiger partial charge in [0.2, 0.25) is 5.91 Å². The fraction of sp³-hybridized carbons (Fsp3) is 0.920. The third kappa shape index (κ3) is 66.7. The van der Waals surface area contributed by atoms with Gasteiger partial charge in [-0.1, -0.05) is 347 Å². The molecule has 0 aliphatic rings. The smallest absolute Gasteiger partial charge is 0.456 e. The number of hydrogen-bond donors (Lipinski definition) is 2. The Kier molecular flexibility index (Phi) is 64.3. The highest BCUT2D eigenvalue weighted by Crippen LogP contribution is 2.43. The van der Waals surface area contributed by atoms with Gasteiger partial charge in [0.05, 0.1) is 33.8 Å². The van der Waals surface area contributed by atoms with Crippen molar-refractivity contribution in [3.8, 4) is 0 Å². The highest BCUT2D eigenvalue weighted by molar-refractivity contribution is 7.47. The first kappa shape index (κ1) is 83.5. The number of phosphoric acid groups is 1. The molecule has 3 unspecified atom stereocenters. The summed E-state index contributed by atoms with van der Waals surface area (Å²) in [5.41, 5.74) is 0. The van der Waals surface area contributed by atoms with Crippen molar-refractivity contribution in [2.24, 2.45) is 0 Å². The van der Waals surface area contributed by atoms with Gasteiger partial charge in [-0.2, -0.15) is 0 Å². The standard InChI is InChI=1S/C75H147N2O7P/c1-7-10-13-16-19-22-25-28-30-32-34-35-36-37-38-39-40-41-43-45-47-50-53-56-59-62-65-68-75(79)84-73(66-63-60-57-54-51-48-27-24-21-18-15-12-9-3)72(71-83-85(80,81)82-70-69-77(4,5)6)76-74(78)67-64-61-58-55-52-49-46-44-42-33-31-29-26-23-20-17-14-11-8-2/h28,30,63,66,72-73H,7-27,29,31-62,64-65,67-71H2,1-6H3,(H-,76,78,80,81)/p+1/b30-28+,66-63+. The van der Waals surface area contributed by atoms with Crippen molar-refractivity contribution in [1.82, 2.24) is 5.32 Å². The molecule has 0 aliphatic heterocycles. The molecular weight excluding hydrogens is 1070 g/mol. The third-order valence-electron chi connectivity index (χ3n) is 17.4. The molecule has 0 heterocycles. The first-order valence-corrected chi connectivity index (χ1v) is 39.2. The highest BCUT2D eigenvalue weighted by Gasteiger charge is 2.30. The van der Waals surface area contributed by atoms with Crippen LogP contribution in [0.15, 0.2) is 24.3 Å². The number of carbonyl (C=O) groups is 2. The molecule has 0 aliphatic carbocycles. The Balaban J connectivity index is 4.97. The summed E-state index contributed by atoms with van der Waals surface area (Å²) in [7, 11) is 1.52. The van der Waals surface area contributed by atoms with E-state index in [4.69, 9.17) is 13.8 Å². The second-order valence-corrected chi connectivity index (χ2v) is 28.6. The minimum atomic E-state index is -4.45. The number of unbranched alkanes of at least 4 members (excludes halogenated alkanes) is 52. The number of nitrogens with zero attached hydrogens (tertiary/aromatic N) is 1. The lowest BCUT2D eigenvalue weighted by Gasteiger charge is -2.27. The van der Waals surface area contributed by atoms with E-state index in [9.17, 15) is 19.0 Å².